The van der Waals surface area contributed by atoms with Crippen LogP contribution < -0.4 is 5.32 Å². The summed E-state index contributed by atoms with van der Waals surface area (Å²) in [6.45, 7) is 4.42. The second kappa shape index (κ2) is 10.1. The molecule has 0 spiro atoms. The largest absolute Gasteiger partial charge is 0.342 e. The molecule has 8 nitrogen and oxygen atoms in total. The first kappa shape index (κ1) is 23.1. The quantitative estimate of drug-likeness (QED) is 0.267. The Bertz CT molecular complexity index is 1100. The van der Waals surface area contributed by atoms with Gasteiger partial charge in [-0.25, -0.2) is 0 Å². The number of nitro benzene ring substituents is 1. The lowest BCUT2D eigenvalue weighted by Crippen LogP contribution is -2.28. The maximum absolute atomic E-state index is 12.6. The highest BCUT2D eigenvalue weighted by atomic mass is 35.5. The van der Waals surface area contributed by atoms with E-state index in [2.05, 4.69) is 15.5 Å². The normalized spacial score (nSPS) is 11.9. The van der Waals surface area contributed by atoms with E-state index in [1.54, 1.807) is 24.3 Å². The fourth-order valence-electron chi connectivity index (χ4n) is 2.87. The molecule has 162 valence electrons. The van der Waals surface area contributed by atoms with Gasteiger partial charge in [0.2, 0.25) is 0 Å². The van der Waals surface area contributed by atoms with Crippen molar-refractivity contribution in [2.45, 2.75) is 37.3 Å². The second-order valence-corrected chi connectivity index (χ2v) is 8.38. The van der Waals surface area contributed by atoms with Crippen LogP contribution in [-0.4, -0.2) is 25.6 Å². The molecule has 0 aliphatic heterocycles. The molecule has 0 aliphatic carbocycles. The summed E-state index contributed by atoms with van der Waals surface area (Å²) in [5.74, 6) is 0.916. The van der Waals surface area contributed by atoms with Crippen molar-refractivity contribution in [3.63, 3.8) is 0 Å². The topological polar surface area (TPSA) is 103 Å². The van der Waals surface area contributed by atoms with Crippen LogP contribution in [0.4, 0.5) is 5.69 Å². The zero-order chi connectivity index (χ0) is 22.5. The van der Waals surface area contributed by atoms with E-state index in [4.69, 9.17) is 23.2 Å². The molecule has 1 heterocycles. The summed E-state index contributed by atoms with van der Waals surface area (Å²) in [5.41, 5.74) is 1.39. The zero-order valence-electron chi connectivity index (χ0n) is 16.7. The average molecular weight is 480 g/mol. The number of halogens is 2. The Morgan fingerprint density at radius 2 is 1.90 bits per heavy atom. The molecule has 3 aromatic rings. The third kappa shape index (κ3) is 5.55. The zero-order valence-corrected chi connectivity index (χ0v) is 19.0. The molecular formula is C20H19Cl2N5O3S. The predicted octanol–water partition coefficient (Wildman–Crippen LogP) is 5.30. The van der Waals surface area contributed by atoms with Crippen molar-refractivity contribution in [2.75, 3.05) is 0 Å². The highest BCUT2D eigenvalue weighted by Gasteiger charge is 2.20. The van der Waals surface area contributed by atoms with Crippen LogP contribution in [0.25, 0.3) is 0 Å². The number of hydrogen-bond donors (Lipinski definition) is 1. The number of rotatable bonds is 8. The average Bonchev–Trinajstić information content (AvgIpc) is 3.17. The molecule has 0 bridgehead atoms. The Morgan fingerprint density at radius 3 is 2.52 bits per heavy atom. The summed E-state index contributed by atoms with van der Waals surface area (Å²) in [6, 6.07) is 10.7. The molecule has 31 heavy (non-hydrogen) atoms. The minimum atomic E-state index is -0.426. The van der Waals surface area contributed by atoms with Crippen molar-refractivity contribution in [2.24, 2.45) is 0 Å². The van der Waals surface area contributed by atoms with Gasteiger partial charge in [0, 0.05) is 30.0 Å². The standard InChI is InChI=1S/C20H19Cl2N5O3S/c1-3-26-18(12(2)23-19(28)14-6-9-16(21)17(22)10-14)24-25-20(26)31-11-13-4-7-15(8-5-13)27(29)30/h4-10,12H,3,11H2,1-2H3,(H,23,28)/t12-/m1/s1. The second-order valence-electron chi connectivity index (χ2n) is 6.62. The van der Waals surface area contributed by atoms with Crippen LogP contribution in [0.2, 0.25) is 10.0 Å². The van der Waals surface area contributed by atoms with Crippen LogP contribution >= 0.6 is 35.0 Å². The number of nitrogens with one attached hydrogen (secondary N) is 1. The fraction of sp³-hybridized carbons (Fsp3) is 0.250. The van der Waals surface area contributed by atoms with Crippen molar-refractivity contribution < 1.29 is 9.72 Å². The molecule has 0 aliphatic rings. The van der Waals surface area contributed by atoms with E-state index < -0.39 is 4.92 Å². The molecule has 1 aromatic heterocycles. The summed E-state index contributed by atoms with van der Waals surface area (Å²) in [5, 5.41) is 23.6. The van der Waals surface area contributed by atoms with E-state index >= 15 is 0 Å². The summed E-state index contributed by atoms with van der Waals surface area (Å²) in [6.07, 6.45) is 0. The minimum absolute atomic E-state index is 0.0549. The molecule has 11 heteroatoms. The SMILES string of the molecule is CCn1c(SCc2ccc([N+](=O)[O-])cc2)nnc1[C@@H](C)NC(=O)c1ccc(Cl)c(Cl)c1. The summed E-state index contributed by atoms with van der Waals surface area (Å²) in [7, 11) is 0. The van der Waals surface area contributed by atoms with Crippen molar-refractivity contribution in [3.8, 4) is 0 Å². The first-order chi connectivity index (χ1) is 14.8. The lowest BCUT2D eigenvalue weighted by atomic mass is 10.2. The first-order valence-corrected chi connectivity index (χ1v) is 11.1. The van der Waals surface area contributed by atoms with Crippen molar-refractivity contribution >= 4 is 46.6 Å². The Hall–Kier alpha value is -2.62. The molecule has 0 saturated heterocycles. The highest BCUT2D eigenvalue weighted by molar-refractivity contribution is 7.98. The van der Waals surface area contributed by atoms with Gasteiger partial charge in [-0.1, -0.05) is 47.1 Å². The number of aromatic nitrogens is 3. The number of amides is 1. The molecule has 1 N–H and O–H groups in total. The number of carbonyl (C=O) groups excluding carboxylic acids is 1. The van der Waals surface area contributed by atoms with Gasteiger partial charge < -0.3 is 9.88 Å². The summed E-state index contributed by atoms with van der Waals surface area (Å²) in [4.78, 5) is 22.9. The van der Waals surface area contributed by atoms with Crippen LogP contribution in [0.3, 0.4) is 0 Å². The number of carbonyl (C=O) groups is 1. The van der Waals surface area contributed by atoms with E-state index in [0.29, 0.717) is 38.9 Å². The van der Waals surface area contributed by atoms with Crippen molar-refractivity contribution in [1.29, 1.82) is 0 Å². The van der Waals surface area contributed by atoms with Gasteiger partial charge in [-0.15, -0.1) is 10.2 Å². The molecule has 2 aromatic carbocycles. The number of benzene rings is 2. The Balaban J connectivity index is 1.68. The number of hydrogen-bond acceptors (Lipinski definition) is 6. The smallest absolute Gasteiger partial charge is 0.269 e. The van der Waals surface area contributed by atoms with Gasteiger partial charge in [0.25, 0.3) is 11.6 Å². The monoisotopic (exact) mass is 479 g/mol. The Labute approximate surface area is 193 Å². The third-order valence-electron chi connectivity index (χ3n) is 4.49. The maximum atomic E-state index is 12.6. The maximum Gasteiger partial charge on any atom is 0.269 e. The summed E-state index contributed by atoms with van der Waals surface area (Å²) < 4.78 is 1.93. The Kier molecular flexibility index (Phi) is 7.53. The van der Waals surface area contributed by atoms with E-state index in [1.807, 2.05) is 18.4 Å². The van der Waals surface area contributed by atoms with E-state index in [-0.39, 0.29) is 17.6 Å². The van der Waals surface area contributed by atoms with Crippen molar-refractivity contribution in [3.05, 3.63) is 79.6 Å². The number of non-ortho nitro benzene ring substituents is 1. The van der Waals surface area contributed by atoms with Gasteiger partial charge in [0.05, 0.1) is 21.0 Å². The van der Waals surface area contributed by atoms with Gasteiger partial charge in [0.1, 0.15) is 0 Å². The van der Waals surface area contributed by atoms with Gasteiger partial charge in [-0.3, -0.25) is 14.9 Å². The van der Waals surface area contributed by atoms with Crippen LogP contribution in [0.1, 0.15) is 41.6 Å². The molecule has 3 rings (SSSR count). The van der Waals surface area contributed by atoms with Crippen LogP contribution in [0, 0.1) is 10.1 Å². The molecule has 0 fully saturated rings. The molecule has 1 amide bonds. The van der Waals surface area contributed by atoms with Gasteiger partial charge in [-0.05, 0) is 37.6 Å². The van der Waals surface area contributed by atoms with Crippen LogP contribution in [0.15, 0.2) is 47.6 Å². The van der Waals surface area contributed by atoms with Gasteiger partial charge >= 0.3 is 0 Å². The number of nitro groups is 1. The minimum Gasteiger partial charge on any atom is -0.342 e. The fourth-order valence-corrected chi connectivity index (χ4v) is 4.13. The van der Waals surface area contributed by atoms with Gasteiger partial charge in [-0.2, -0.15) is 0 Å². The molecule has 0 saturated carbocycles. The van der Waals surface area contributed by atoms with Crippen LogP contribution in [0.5, 0.6) is 0 Å². The van der Waals surface area contributed by atoms with E-state index in [9.17, 15) is 14.9 Å². The molecule has 0 radical (unpaired) electrons. The van der Waals surface area contributed by atoms with E-state index in [0.717, 1.165) is 5.56 Å². The molecule has 0 unspecified atom stereocenters. The Morgan fingerprint density at radius 1 is 1.19 bits per heavy atom. The van der Waals surface area contributed by atoms with Crippen LogP contribution in [-0.2, 0) is 12.3 Å². The highest BCUT2D eigenvalue weighted by Crippen LogP contribution is 2.26. The lowest BCUT2D eigenvalue weighted by molar-refractivity contribution is -0.384. The predicted molar refractivity (Wildman–Crippen MR) is 121 cm³/mol. The van der Waals surface area contributed by atoms with E-state index in [1.165, 1.54) is 30.0 Å². The van der Waals surface area contributed by atoms with Gasteiger partial charge in [0.15, 0.2) is 11.0 Å². The molecular weight excluding hydrogens is 461 g/mol. The lowest BCUT2D eigenvalue weighted by Gasteiger charge is -2.15. The molecule has 1 atom stereocenters. The van der Waals surface area contributed by atoms with Crippen molar-refractivity contribution in [1.82, 2.24) is 20.1 Å². The number of nitrogens with zero attached hydrogens (tertiary/aromatic N) is 4. The number of thioether (sulfide) groups is 1. The summed E-state index contributed by atoms with van der Waals surface area (Å²) >= 11 is 13.4. The first-order valence-electron chi connectivity index (χ1n) is 9.35. The third-order valence-corrected chi connectivity index (χ3v) is 6.27.